The summed E-state index contributed by atoms with van der Waals surface area (Å²) in [6.45, 7) is 4.45. The Morgan fingerprint density at radius 1 is 1.29 bits per heavy atom. The number of ether oxygens (including phenoxy) is 1. The summed E-state index contributed by atoms with van der Waals surface area (Å²) >= 11 is 0. The summed E-state index contributed by atoms with van der Waals surface area (Å²) in [4.78, 5) is 11.6. The van der Waals surface area contributed by atoms with Crippen molar-refractivity contribution >= 4 is 5.91 Å². The van der Waals surface area contributed by atoms with Crippen LogP contribution in [0.15, 0.2) is 18.2 Å². The van der Waals surface area contributed by atoms with E-state index in [1.54, 1.807) is 0 Å². The first-order chi connectivity index (χ1) is 10.2. The van der Waals surface area contributed by atoms with E-state index in [0.29, 0.717) is 12.0 Å². The second kappa shape index (κ2) is 6.48. The second-order valence-corrected chi connectivity index (χ2v) is 6.17. The summed E-state index contributed by atoms with van der Waals surface area (Å²) in [6, 6.07) is 6.61. The molecule has 3 rings (SSSR count). The number of benzene rings is 1. The highest BCUT2D eigenvalue weighted by atomic mass is 16.5. The van der Waals surface area contributed by atoms with Crippen molar-refractivity contribution in [1.29, 1.82) is 0 Å². The maximum Gasteiger partial charge on any atom is 0.258 e. The molecule has 0 unspecified atom stereocenters. The summed E-state index contributed by atoms with van der Waals surface area (Å²) in [5.74, 6) is 1.42. The molecule has 1 aliphatic carbocycles. The molecular weight excluding hydrogens is 264 g/mol. The van der Waals surface area contributed by atoms with Crippen LogP contribution < -0.4 is 15.4 Å². The zero-order valence-electron chi connectivity index (χ0n) is 12.7. The molecule has 0 bridgehead atoms. The summed E-state index contributed by atoms with van der Waals surface area (Å²) < 4.78 is 5.60. The number of amides is 1. The van der Waals surface area contributed by atoms with Crippen molar-refractivity contribution in [2.75, 3.05) is 19.7 Å². The van der Waals surface area contributed by atoms with Gasteiger partial charge in [-0.05, 0) is 74.9 Å². The molecule has 4 heteroatoms. The highest BCUT2D eigenvalue weighted by Gasteiger charge is 2.23. The van der Waals surface area contributed by atoms with Crippen LogP contribution in [0.4, 0.5) is 0 Å². The van der Waals surface area contributed by atoms with Gasteiger partial charge in [0.25, 0.3) is 5.91 Å². The van der Waals surface area contributed by atoms with Gasteiger partial charge in [-0.1, -0.05) is 6.07 Å². The average molecular weight is 288 g/mol. The molecule has 2 N–H and O–H groups in total. The van der Waals surface area contributed by atoms with E-state index in [-0.39, 0.29) is 12.5 Å². The van der Waals surface area contributed by atoms with Crippen molar-refractivity contribution in [2.24, 2.45) is 0 Å². The molecule has 0 spiro atoms. The number of carbonyl (C=O) groups is 1. The minimum absolute atomic E-state index is 0.0161. The van der Waals surface area contributed by atoms with Gasteiger partial charge < -0.3 is 15.4 Å². The Labute approximate surface area is 126 Å². The zero-order valence-corrected chi connectivity index (χ0v) is 12.7. The maximum absolute atomic E-state index is 11.6. The van der Waals surface area contributed by atoms with Gasteiger partial charge in [0, 0.05) is 6.04 Å². The monoisotopic (exact) mass is 288 g/mol. The molecule has 1 amide bonds. The molecule has 1 aromatic rings. The Hall–Kier alpha value is -1.55. The number of hydrogen-bond acceptors (Lipinski definition) is 3. The molecule has 1 heterocycles. The third-order valence-electron chi connectivity index (χ3n) is 4.33. The topological polar surface area (TPSA) is 50.4 Å². The fraction of sp³-hybridized carbons (Fsp3) is 0.588. The number of carbonyl (C=O) groups excluding carboxylic acids is 1. The molecule has 1 saturated heterocycles. The molecule has 4 nitrogen and oxygen atoms in total. The molecule has 1 aromatic carbocycles. The maximum atomic E-state index is 11.6. The van der Waals surface area contributed by atoms with E-state index < -0.39 is 0 Å². The van der Waals surface area contributed by atoms with Gasteiger partial charge in [-0.25, -0.2) is 0 Å². The fourth-order valence-corrected chi connectivity index (χ4v) is 2.97. The van der Waals surface area contributed by atoms with Crippen LogP contribution in [0, 0.1) is 6.92 Å². The van der Waals surface area contributed by atoms with Crippen molar-refractivity contribution in [1.82, 2.24) is 10.6 Å². The summed E-state index contributed by atoms with van der Waals surface area (Å²) in [5.41, 5.74) is 2.69. The summed E-state index contributed by atoms with van der Waals surface area (Å²) in [5, 5.41) is 6.33. The molecule has 2 aliphatic rings. The quantitative estimate of drug-likeness (QED) is 0.872. The number of rotatable bonds is 5. The number of hydrogen-bond donors (Lipinski definition) is 2. The average Bonchev–Trinajstić information content (AvgIpc) is 3.30. The molecule has 0 atom stereocenters. The number of aryl methyl sites for hydroxylation is 1. The lowest BCUT2D eigenvalue weighted by Gasteiger charge is -2.24. The predicted octanol–water partition coefficient (Wildman–Crippen LogP) is 2.12. The van der Waals surface area contributed by atoms with Crippen LogP contribution in [-0.4, -0.2) is 31.6 Å². The van der Waals surface area contributed by atoms with Gasteiger partial charge in [-0.15, -0.1) is 0 Å². The molecule has 0 aromatic heterocycles. The normalized spacial score (nSPS) is 19.3. The van der Waals surface area contributed by atoms with E-state index in [1.807, 2.05) is 6.07 Å². The first-order valence-corrected chi connectivity index (χ1v) is 7.96. The van der Waals surface area contributed by atoms with Gasteiger partial charge in [0.1, 0.15) is 5.75 Å². The lowest BCUT2D eigenvalue weighted by atomic mass is 9.87. The van der Waals surface area contributed by atoms with Crippen LogP contribution in [0.2, 0.25) is 0 Å². The molecule has 0 radical (unpaired) electrons. The van der Waals surface area contributed by atoms with Crippen molar-refractivity contribution < 1.29 is 9.53 Å². The smallest absolute Gasteiger partial charge is 0.258 e. The van der Waals surface area contributed by atoms with Crippen LogP contribution >= 0.6 is 0 Å². The fourth-order valence-electron chi connectivity index (χ4n) is 2.97. The van der Waals surface area contributed by atoms with Gasteiger partial charge in [0.05, 0.1) is 0 Å². The highest BCUT2D eigenvalue weighted by Crippen LogP contribution is 2.30. The first-order valence-electron chi connectivity index (χ1n) is 7.96. The Kier molecular flexibility index (Phi) is 4.44. The minimum Gasteiger partial charge on any atom is -0.484 e. The third-order valence-corrected chi connectivity index (χ3v) is 4.33. The van der Waals surface area contributed by atoms with E-state index in [1.165, 1.54) is 24.0 Å². The van der Waals surface area contributed by atoms with Gasteiger partial charge in [0.2, 0.25) is 0 Å². The van der Waals surface area contributed by atoms with E-state index in [2.05, 4.69) is 29.7 Å². The Bertz CT molecular complexity index is 506. The van der Waals surface area contributed by atoms with Crippen molar-refractivity contribution in [3.8, 4) is 5.75 Å². The molecule has 2 fully saturated rings. The van der Waals surface area contributed by atoms with Crippen LogP contribution in [0.25, 0.3) is 0 Å². The largest absolute Gasteiger partial charge is 0.484 e. The zero-order chi connectivity index (χ0) is 14.7. The summed E-state index contributed by atoms with van der Waals surface area (Å²) in [7, 11) is 0. The van der Waals surface area contributed by atoms with Gasteiger partial charge in [-0.2, -0.15) is 0 Å². The highest BCUT2D eigenvalue weighted by molar-refractivity contribution is 5.78. The van der Waals surface area contributed by atoms with Crippen molar-refractivity contribution in [3.63, 3.8) is 0 Å². The van der Waals surface area contributed by atoms with Crippen LogP contribution in [0.5, 0.6) is 5.75 Å². The van der Waals surface area contributed by atoms with Gasteiger partial charge >= 0.3 is 0 Å². The van der Waals surface area contributed by atoms with Crippen molar-refractivity contribution in [3.05, 3.63) is 29.3 Å². The lowest BCUT2D eigenvalue weighted by molar-refractivity contribution is -0.123. The van der Waals surface area contributed by atoms with Crippen LogP contribution in [0.1, 0.15) is 42.7 Å². The number of piperidine rings is 1. The van der Waals surface area contributed by atoms with E-state index in [0.717, 1.165) is 31.7 Å². The Balaban J connectivity index is 1.56. The van der Waals surface area contributed by atoms with Gasteiger partial charge in [-0.3, -0.25) is 4.79 Å². The third kappa shape index (κ3) is 3.97. The standard InChI is InChI=1S/C17H24N2O2/c1-12-10-15(21-11-17(20)19-14-2-3-14)4-5-16(12)13-6-8-18-9-7-13/h4-5,10,13-14,18H,2-3,6-9,11H2,1H3,(H,19,20). The first kappa shape index (κ1) is 14.4. The second-order valence-electron chi connectivity index (χ2n) is 6.17. The Morgan fingerprint density at radius 3 is 2.71 bits per heavy atom. The van der Waals surface area contributed by atoms with E-state index >= 15 is 0 Å². The molecular formula is C17H24N2O2. The summed E-state index contributed by atoms with van der Waals surface area (Å²) in [6.07, 6.45) is 4.61. The predicted molar refractivity (Wildman–Crippen MR) is 82.7 cm³/mol. The number of nitrogens with one attached hydrogen (secondary N) is 2. The minimum atomic E-state index is -0.0161. The van der Waals surface area contributed by atoms with Crippen LogP contribution in [0.3, 0.4) is 0 Å². The lowest BCUT2D eigenvalue weighted by Crippen LogP contribution is -2.30. The molecule has 21 heavy (non-hydrogen) atoms. The molecule has 1 saturated carbocycles. The Morgan fingerprint density at radius 2 is 2.05 bits per heavy atom. The van der Waals surface area contributed by atoms with Gasteiger partial charge in [0.15, 0.2) is 6.61 Å². The van der Waals surface area contributed by atoms with E-state index in [9.17, 15) is 4.79 Å². The SMILES string of the molecule is Cc1cc(OCC(=O)NC2CC2)ccc1C1CCNCC1. The van der Waals surface area contributed by atoms with E-state index in [4.69, 9.17) is 4.74 Å². The van der Waals surface area contributed by atoms with Crippen LogP contribution in [-0.2, 0) is 4.79 Å². The molecule has 1 aliphatic heterocycles. The molecule has 114 valence electrons. The van der Waals surface area contributed by atoms with Crippen molar-refractivity contribution in [2.45, 2.75) is 44.6 Å².